The molecular weight excluding hydrogens is 440 g/mol. The fourth-order valence-electron chi connectivity index (χ4n) is 5.62. The summed E-state index contributed by atoms with van der Waals surface area (Å²) in [6, 6.07) is 16.4. The maximum absolute atomic E-state index is 12.3. The number of ether oxygens (including phenoxy) is 1. The molecule has 2 atom stereocenters. The molecule has 1 aromatic heterocycles. The number of phenolic OH excluding ortho intramolecular Hbond substituents is 1. The highest BCUT2D eigenvalue weighted by Crippen LogP contribution is 2.44. The van der Waals surface area contributed by atoms with Crippen molar-refractivity contribution in [3.05, 3.63) is 88.9 Å². The molecule has 2 N–H and O–H groups in total. The van der Waals surface area contributed by atoms with Crippen LogP contribution in [0.3, 0.4) is 0 Å². The van der Waals surface area contributed by atoms with Crippen LogP contribution in [0.1, 0.15) is 59.7 Å². The van der Waals surface area contributed by atoms with Crippen LogP contribution in [0.5, 0.6) is 11.5 Å². The highest BCUT2D eigenvalue weighted by molar-refractivity contribution is 5.95. The molecule has 3 heterocycles. The number of hydrogen-bond donors (Lipinski definition) is 2. The fourth-order valence-corrected chi connectivity index (χ4v) is 5.62. The average Bonchev–Trinajstić information content (AvgIpc) is 3.46. The zero-order valence-electron chi connectivity index (χ0n) is 20.3. The van der Waals surface area contributed by atoms with E-state index in [1.54, 1.807) is 19.4 Å². The smallest absolute Gasteiger partial charge is 0.251 e. The Morgan fingerprint density at radius 2 is 1.74 bits per heavy atom. The van der Waals surface area contributed by atoms with Crippen LogP contribution in [0.2, 0.25) is 0 Å². The Kier molecular flexibility index (Phi) is 6.64. The molecule has 0 saturated carbocycles. The van der Waals surface area contributed by atoms with Gasteiger partial charge in [0, 0.05) is 36.3 Å². The predicted molar refractivity (Wildman–Crippen MR) is 135 cm³/mol. The molecule has 6 heteroatoms. The van der Waals surface area contributed by atoms with Gasteiger partial charge in [-0.1, -0.05) is 23.8 Å². The van der Waals surface area contributed by atoms with Crippen molar-refractivity contribution in [2.24, 2.45) is 0 Å². The van der Waals surface area contributed by atoms with E-state index in [2.05, 4.69) is 16.3 Å². The van der Waals surface area contributed by atoms with Crippen LogP contribution in [-0.4, -0.2) is 41.7 Å². The van der Waals surface area contributed by atoms with Crippen LogP contribution in [0.4, 0.5) is 0 Å². The second kappa shape index (κ2) is 10.0. The number of piperidine rings is 1. The lowest BCUT2D eigenvalue weighted by Gasteiger charge is -2.37. The van der Waals surface area contributed by atoms with E-state index < -0.39 is 0 Å². The lowest BCUT2D eigenvalue weighted by atomic mass is 9.85. The monoisotopic (exact) mass is 472 g/mol. The lowest BCUT2D eigenvalue weighted by Crippen LogP contribution is -2.40. The second-order valence-electron chi connectivity index (χ2n) is 9.40. The molecular formula is C29H32N2O4. The zero-order chi connectivity index (χ0) is 24.4. The van der Waals surface area contributed by atoms with Gasteiger partial charge in [0.15, 0.2) is 11.5 Å². The number of benzene rings is 2. The van der Waals surface area contributed by atoms with Gasteiger partial charge in [-0.2, -0.15) is 0 Å². The second-order valence-corrected chi connectivity index (χ2v) is 9.40. The van der Waals surface area contributed by atoms with Gasteiger partial charge in [-0.25, -0.2) is 0 Å². The Bertz CT molecular complexity index is 1200. The van der Waals surface area contributed by atoms with Gasteiger partial charge in [0.1, 0.15) is 0 Å². The van der Waals surface area contributed by atoms with E-state index in [1.165, 1.54) is 29.6 Å². The summed E-state index contributed by atoms with van der Waals surface area (Å²) in [6.07, 6.45) is 7.95. The third-order valence-electron chi connectivity index (χ3n) is 7.28. The van der Waals surface area contributed by atoms with Crippen molar-refractivity contribution in [1.29, 1.82) is 0 Å². The summed E-state index contributed by atoms with van der Waals surface area (Å²) >= 11 is 0. The van der Waals surface area contributed by atoms with Crippen LogP contribution >= 0.6 is 0 Å². The van der Waals surface area contributed by atoms with Crippen LogP contribution < -0.4 is 10.1 Å². The molecule has 0 radical (unpaired) electrons. The minimum Gasteiger partial charge on any atom is -0.504 e. The minimum atomic E-state index is -0.0647. The van der Waals surface area contributed by atoms with Gasteiger partial charge < -0.3 is 19.6 Å². The maximum atomic E-state index is 12.3. The van der Waals surface area contributed by atoms with E-state index in [4.69, 9.17) is 9.15 Å². The summed E-state index contributed by atoms with van der Waals surface area (Å²) in [5.41, 5.74) is 6.55. The summed E-state index contributed by atoms with van der Waals surface area (Å²) in [5, 5.41) is 13.1. The predicted octanol–water partition coefficient (Wildman–Crippen LogP) is 5.37. The SMILES string of the molecule is CCNC(=O)c1ccc(C(=C2CC3CCC(C2)N3Cc2ccoc2)c2ccc(O)c(OC)c2)cc1. The molecule has 0 aliphatic carbocycles. The van der Waals surface area contributed by atoms with Crippen molar-refractivity contribution in [3.8, 4) is 11.5 Å². The summed E-state index contributed by atoms with van der Waals surface area (Å²) in [6.45, 7) is 3.43. The number of hydrogen-bond acceptors (Lipinski definition) is 5. The fraction of sp³-hybridized carbons (Fsp3) is 0.345. The number of fused-ring (bicyclic) bond motifs is 2. The van der Waals surface area contributed by atoms with Gasteiger partial charge in [0.05, 0.1) is 19.6 Å². The number of carbonyl (C=O) groups is 1. The zero-order valence-corrected chi connectivity index (χ0v) is 20.3. The number of rotatable bonds is 7. The van der Waals surface area contributed by atoms with Gasteiger partial charge in [-0.15, -0.1) is 0 Å². The van der Waals surface area contributed by atoms with Crippen molar-refractivity contribution in [3.63, 3.8) is 0 Å². The third kappa shape index (κ3) is 4.71. The Morgan fingerprint density at radius 3 is 2.37 bits per heavy atom. The molecule has 2 fully saturated rings. The van der Waals surface area contributed by atoms with Gasteiger partial charge in [0.2, 0.25) is 0 Å². The Hall–Kier alpha value is -3.51. The van der Waals surface area contributed by atoms with Crippen LogP contribution in [-0.2, 0) is 6.54 Å². The molecule has 3 aromatic rings. The van der Waals surface area contributed by atoms with Crippen molar-refractivity contribution in [2.75, 3.05) is 13.7 Å². The van der Waals surface area contributed by atoms with Crippen LogP contribution in [0.25, 0.3) is 5.57 Å². The maximum Gasteiger partial charge on any atom is 0.251 e. The first-order chi connectivity index (χ1) is 17.1. The van der Waals surface area contributed by atoms with Gasteiger partial charge in [-0.3, -0.25) is 9.69 Å². The van der Waals surface area contributed by atoms with Crippen molar-refractivity contribution >= 4 is 11.5 Å². The number of amides is 1. The number of furan rings is 1. The molecule has 2 bridgehead atoms. The van der Waals surface area contributed by atoms with E-state index >= 15 is 0 Å². The molecule has 2 aliphatic heterocycles. The number of carbonyl (C=O) groups excluding carboxylic acids is 1. The lowest BCUT2D eigenvalue weighted by molar-refractivity contribution is 0.0956. The molecule has 1 amide bonds. The number of nitrogens with one attached hydrogen (secondary N) is 1. The largest absolute Gasteiger partial charge is 0.504 e. The third-order valence-corrected chi connectivity index (χ3v) is 7.28. The summed E-state index contributed by atoms with van der Waals surface area (Å²) in [5.74, 6) is 0.521. The van der Waals surface area contributed by atoms with Crippen LogP contribution in [0, 0.1) is 0 Å². The van der Waals surface area contributed by atoms with E-state index in [0.29, 0.717) is 29.9 Å². The molecule has 2 aromatic carbocycles. The van der Waals surface area contributed by atoms with E-state index in [9.17, 15) is 9.90 Å². The topological polar surface area (TPSA) is 74.9 Å². The van der Waals surface area contributed by atoms with Gasteiger partial charge in [-0.05, 0) is 79.6 Å². The quantitative estimate of drug-likeness (QED) is 0.483. The van der Waals surface area contributed by atoms with E-state index in [0.717, 1.165) is 30.5 Å². The Morgan fingerprint density at radius 1 is 1.06 bits per heavy atom. The van der Waals surface area contributed by atoms with Crippen molar-refractivity contribution in [2.45, 2.75) is 51.2 Å². The molecule has 0 spiro atoms. The molecule has 6 nitrogen and oxygen atoms in total. The van der Waals surface area contributed by atoms with Gasteiger partial charge in [0.25, 0.3) is 5.91 Å². The normalized spacial score (nSPS) is 19.5. The number of aromatic hydroxyl groups is 1. The molecule has 2 aliphatic rings. The Labute approximate surface area is 206 Å². The minimum absolute atomic E-state index is 0.0647. The highest BCUT2D eigenvalue weighted by Gasteiger charge is 2.39. The molecule has 5 rings (SSSR count). The molecule has 182 valence electrons. The number of methoxy groups -OCH3 is 1. The average molecular weight is 473 g/mol. The summed E-state index contributed by atoms with van der Waals surface area (Å²) in [4.78, 5) is 14.9. The molecule has 2 saturated heterocycles. The van der Waals surface area contributed by atoms with E-state index in [-0.39, 0.29) is 11.7 Å². The standard InChI is InChI=1S/C29H32N2O4/c1-3-30-29(33)21-6-4-20(5-7-21)28(22-8-11-26(32)27(16-22)34-2)23-14-24-9-10-25(15-23)31(24)17-19-12-13-35-18-19/h4-8,11-13,16,18,24-25,32H,3,9-10,14-15,17H2,1-2H3,(H,30,33). The first-order valence-corrected chi connectivity index (χ1v) is 12.3. The molecule has 35 heavy (non-hydrogen) atoms. The van der Waals surface area contributed by atoms with Crippen LogP contribution in [0.15, 0.2) is 71.0 Å². The highest BCUT2D eigenvalue weighted by atomic mass is 16.5. The van der Waals surface area contributed by atoms with Crippen molar-refractivity contribution in [1.82, 2.24) is 10.2 Å². The number of nitrogens with zero attached hydrogens (tertiary/aromatic N) is 1. The van der Waals surface area contributed by atoms with Gasteiger partial charge >= 0.3 is 0 Å². The van der Waals surface area contributed by atoms with E-state index in [1.807, 2.05) is 49.6 Å². The molecule has 2 unspecified atom stereocenters. The summed E-state index contributed by atoms with van der Waals surface area (Å²) < 4.78 is 10.7. The number of phenols is 1. The summed E-state index contributed by atoms with van der Waals surface area (Å²) in [7, 11) is 1.57. The first kappa shape index (κ1) is 23.2. The Balaban J connectivity index is 1.52. The van der Waals surface area contributed by atoms with Crippen molar-refractivity contribution < 1.29 is 19.1 Å². The first-order valence-electron chi connectivity index (χ1n) is 12.3.